The number of aromatic nitrogens is 2. The minimum atomic E-state index is -0.374. The number of benzene rings is 2. The number of rotatable bonds is 7. The quantitative estimate of drug-likeness (QED) is 0.461. The lowest BCUT2D eigenvalue weighted by Gasteiger charge is -2.20. The molecule has 1 saturated heterocycles. The molecule has 3 aromatic rings. The molecule has 0 unspecified atom stereocenters. The minimum absolute atomic E-state index is 0.176. The highest BCUT2D eigenvalue weighted by molar-refractivity contribution is 5.90. The van der Waals surface area contributed by atoms with E-state index >= 15 is 0 Å². The average Bonchev–Trinajstić information content (AvgIpc) is 3.47. The van der Waals surface area contributed by atoms with Gasteiger partial charge < -0.3 is 9.64 Å². The fourth-order valence-corrected chi connectivity index (χ4v) is 3.64. The first-order valence-corrected chi connectivity index (χ1v) is 10.5. The van der Waals surface area contributed by atoms with Crippen LogP contribution in [0.1, 0.15) is 29.7 Å². The molecule has 0 aliphatic carbocycles. The van der Waals surface area contributed by atoms with Crippen molar-refractivity contribution in [2.24, 2.45) is 5.10 Å². The van der Waals surface area contributed by atoms with E-state index in [0.717, 1.165) is 48.7 Å². The summed E-state index contributed by atoms with van der Waals surface area (Å²) in [6.07, 6.45) is 3.92. The van der Waals surface area contributed by atoms with Crippen molar-refractivity contribution in [3.8, 4) is 17.5 Å². The van der Waals surface area contributed by atoms with Gasteiger partial charge in [-0.2, -0.15) is 15.5 Å². The van der Waals surface area contributed by atoms with E-state index in [1.165, 1.54) is 0 Å². The van der Waals surface area contributed by atoms with Crippen LogP contribution in [0.15, 0.2) is 59.7 Å². The third kappa shape index (κ3) is 4.78. The molecule has 8 heteroatoms. The molecule has 2 aromatic carbocycles. The number of amides is 1. The predicted molar refractivity (Wildman–Crippen MR) is 122 cm³/mol. The summed E-state index contributed by atoms with van der Waals surface area (Å²) in [5.74, 6) is 1.12. The molecular weight excluding hydrogens is 404 g/mol. The molecule has 1 amide bonds. The zero-order valence-corrected chi connectivity index (χ0v) is 17.9. The van der Waals surface area contributed by atoms with Crippen LogP contribution in [0.2, 0.25) is 0 Å². The van der Waals surface area contributed by atoms with Gasteiger partial charge in [0.25, 0.3) is 5.91 Å². The maximum Gasteiger partial charge on any atom is 0.277 e. The van der Waals surface area contributed by atoms with Gasteiger partial charge in [0.05, 0.1) is 34.8 Å². The van der Waals surface area contributed by atoms with Gasteiger partial charge in [0.1, 0.15) is 11.6 Å². The Morgan fingerprint density at radius 2 is 1.91 bits per heavy atom. The van der Waals surface area contributed by atoms with Gasteiger partial charge in [0.2, 0.25) is 0 Å². The highest BCUT2D eigenvalue weighted by Gasteiger charge is 2.23. The zero-order chi connectivity index (χ0) is 22.3. The van der Waals surface area contributed by atoms with Gasteiger partial charge in [-0.05, 0) is 56.2 Å². The van der Waals surface area contributed by atoms with Gasteiger partial charge in [-0.3, -0.25) is 4.79 Å². The lowest BCUT2D eigenvalue weighted by Crippen LogP contribution is -2.25. The van der Waals surface area contributed by atoms with Crippen LogP contribution < -0.4 is 15.1 Å². The molecule has 0 atom stereocenters. The Morgan fingerprint density at radius 1 is 1.19 bits per heavy atom. The maximum absolute atomic E-state index is 12.1. The smallest absolute Gasteiger partial charge is 0.277 e. The number of ether oxygens (including phenoxy) is 1. The molecule has 2 heterocycles. The molecule has 1 aliphatic heterocycles. The molecule has 0 radical (unpaired) electrons. The number of para-hydroxylation sites is 1. The van der Waals surface area contributed by atoms with E-state index in [-0.39, 0.29) is 12.5 Å². The Bertz CT molecular complexity index is 1140. The predicted octanol–water partition coefficient (Wildman–Crippen LogP) is 3.18. The lowest BCUT2D eigenvalue weighted by atomic mass is 10.2. The van der Waals surface area contributed by atoms with E-state index in [9.17, 15) is 4.79 Å². The molecule has 0 bridgehead atoms. The van der Waals surface area contributed by atoms with E-state index in [4.69, 9.17) is 15.1 Å². The van der Waals surface area contributed by atoms with Crippen LogP contribution in [0.3, 0.4) is 0 Å². The highest BCUT2D eigenvalue weighted by atomic mass is 16.5. The molecule has 162 valence electrons. The van der Waals surface area contributed by atoms with E-state index in [1.807, 2.05) is 48.0 Å². The topological polar surface area (TPSA) is 95.5 Å². The number of hydrogen-bond acceptors (Lipinski definition) is 6. The number of anilines is 1. The molecule has 0 saturated carbocycles. The number of nitrogens with zero attached hydrogens (tertiary/aromatic N) is 5. The Kier molecular flexibility index (Phi) is 6.46. The van der Waals surface area contributed by atoms with E-state index < -0.39 is 0 Å². The van der Waals surface area contributed by atoms with E-state index in [2.05, 4.69) is 15.4 Å². The van der Waals surface area contributed by atoms with Gasteiger partial charge >= 0.3 is 0 Å². The van der Waals surface area contributed by atoms with Crippen LogP contribution in [0.5, 0.6) is 5.75 Å². The van der Waals surface area contributed by atoms with Crippen LogP contribution in [-0.2, 0) is 4.79 Å². The number of nitriles is 1. The first kappa shape index (κ1) is 21.1. The highest BCUT2D eigenvalue weighted by Crippen LogP contribution is 2.28. The summed E-state index contributed by atoms with van der Waals surface area (Å²) in [5.41, 5.74) is 5.75. The second-order valence-electron chi connectivity index (χ2n) is 7.48. The molecule has 32 heavy (non-hydrogen) atoms. The van der Waals surface area contributed by atoms with Crippen LogP contribution >= 0.6 is 0 Å². The molecule has 1 N–H and O–H groups in total. The van der Waals surface area contributed by atoms with Crippen LogP contribution in [-0.4, -0.2) is 41.6 Å². The van der Waals surface area contributed by atoms with Crippen molar-refractivity contribution in [3.63, 3.8) is 0 Å². The zero-order valence-electron chi connectivity index (χ0n) is 17.9. The second-order valence-corrected chi connectivity index (χ2v) is 7.48. The van der Waals surface area contributed by atoms with Crippen molar-refractivity contribution in [2.75, 3.05) is 24.6 Å². The van der Waals surface area contributed by atoms with Gasteiger partial charge in [-0.15, -0.1) is 0 Å². The van der Waals surface area contributed by atoms with Crippen molar-refractivity contribution in [3.05, 3.63) is 71.4 Å². The molecule has 1 fully saturated rings. The van der Waals surface area contributed by atoms with Gasteiger partial charge in [0.15, 0.2) is 6.61 Å². The van der Waals surface area contributed by atoms with E-state index in [0.29, 0.717) is 11.3 Å². The molecule has 0 spiro atoms. The summed E-state index contributed by atoms with van der Waals surface area (Å²) >= 11 is 0. The minimum Gasteiger partial charge on any atom is -0.484 e. The normalized spacial score (nSPS) is 13.3. The van der Waals surface area contributed by atoms with Crippen molar-refractivity contribution >= 4 is 17.9 Å². The summed E-state index contributed by atoms with van der Waals surface area (Å²) < 4.78 is 7.38. The summed E-state index contributed by atoms with van der Waals surface area (Å²) in [7, 11) is 0. The first-order chi connectivity index (χ1) is 15.7. The monoisotopic (exact) mass is 428 g/mol. The first-order valence-electron chi connectivity index (χ1n) is 10.5. The number of carbonyl (C=O) groups excluding carboxylic acids is 1. The SMILES string of the molecule is Cc1nn(-c2ccccc2)c(N2CCCC2)c1/C=N/NC(=O)COc1ccc(C#N)cc1. The number of aryl methyl sites for hydroxylation is 1. The largest absolute Gasteiger partial charge is 0.484 e. The van der Waals surface area contributed by atoms with Gasteiger partial charge in [-0.1, -0.05) is 18.2 Å². The van der Waals surface area contributed by atoms with Crippen molar-refractivity contribution in [1.29, 1.82) is 5.26 Å². The lowest BCUT2D eigenvalue weighted by molar-refractivity contribution is -0.123. The molecule has 4 rings (SSSR count). The van der Waals surface area contributed by atoms with Crippen LogP contribution in [0.4, 0.5) is 5.82 Å². The molecular formula is C24H24N6O2. The van der Waals surface area contributed by atoms with Gasteiger partial charge in [0, 0.05) is 13.1 Å². The fraction of sp³-hybridized carbons (Fsp3) is 0.250. The maximum atomic E-state index is 12.1. The van der Waals surface area contributed by atoms with Crippen LogP contribution in [0.25, 0.3) is 5.69 Å². The molecule has 1 aromatic heterocycles. The number of carbonyl (C=O) groups is 1. The Hall–Kier alpha value is -4.12. The number of nitrogens with one attached hydrogen (secondary N) is 1. The standard InChI is InChI=1S/C24H24N6O2/c1-18-22(16-26-27-23(31)17-32-21-11-9-19(15-25)10-12-21)24(29-13-5-6-14-29)30(28-18)20-7-3-2-4-8-20/h2-4,7-12,16H,5-6,13-14,17H2,1H3,(H,27,31)/b26-16+. The van der Waals surface area contributed by atoms with Crippen LogP contribution in [0, 0.1) is 18.3 Å². The summed E-state index contributed by atoms with van der Waals surface area (Å²) in [6.45, 7) is 3.69. The van der Waals surface area contributed by atoms with E-state index in [1.54, 1.807) is 30.5 Å². The summed E-state index contributed by atoms with van der Waals surface area (Å²) in [4.78, 5) is 14.5. The average molecular weight is 428 g/mol. The third-order valence-electron chi connectivity index (χ3n) is 5.22. The summed E-state index contributed by atoms with van der Waals surface area (Å²) in [5, 5.41) is 17.7. The van der Waals surface area contributed by atoms with Gasteiger partial charge in [-0.25, -0.2) is 10.1 Å². The fourth-order valence-electron chi connectivity index (χ4n) is 3.64. The summed E-state index contributed by atoms with van der Waals surface area (Å²) in [6, 6.07) is 18.6. The molecule has 8 nitrogen and oxygen atoms in total. The van der Waals surface area contributed by atoms with Crippen molar-refractivity contribution in [1.82, 2.24) is 15.2 Å². The Labute approximate surface area is 186 Å². The second kappa shape index (κ2) is 9.79. The van der Waals surface area contributed by atoms with Crippen molar-refractivity contribution in [2.45, 2.75) is 19.8 Å². The number of hydrogen-bond donors (Lipinski definition) is 1. The number of hydrazone groups is 1. The Morgan fingerprint density at radius 3 is 2.59 bits per heavy atom. The Balaban J connectivity index is 1.46. The van der Waals surface area contributed by atoms with Crippen molar-refractivity contribution < 1.29 is 9.53 Å². The third-order valence-corrected chi connectivity index (χ3v) is 5.22. The molecule has 1 aliphatic rings.